The van der Waals surface area contributed by atoms with Gasteiger partial charge in [0.2, 0.25) is 20.0 Å². The van der Waals surface area contributed by atoms with Gasteiger partial charge in [0.25, 0.3) is 32.1 Å². The molecule has 0 aromatic heterocycles. The molecule has 62 heavy (non-hydrogen) atoms. The summed E-state index contributed by atoms with van der Waals surface area (Å²) in [6.07, 6.45) is 2.24. The number of nitrogens with one attached hydrogen (secondary N) is 2. The number of nitrogens with zero attached hydrogens (tertiary/aromatic N) is 2. The fraction of sp³-hybridized carbons (Fsp3) is 0.263. The zero-order valence-corrected chi connectivity index (χ0v) is 37.8. The Morgan fingerprint density at radius 3 is 1.23 bits per heavy atom. The number of hydrogen-bond acceptors (Lipinski definition) is 14. The lowest BCUT2D eigenvalue weighted by molar-refractivity contribution is 0.101. The Kier molecular flexibility index (Phi) is 14.5. The van der Waals surface area contributed by atoms with Crippen LogP contribution in [0.3, 0.4) is 0 Å². The molecule has 0 radical (unpaired) electrons. The number of benzene rings is 4. The predicted octanol–water partition coefficient (Wildman–Crippen LogP) is 4.35. The van der Waals surface area contributed by atoms with Crippen LogP contribution in [0.1, 0.15) is 31.8 Å². The van der Waals surface area contributed by atoms with Gasteiger partial charge < -0.3 is 20.1 Å². The minimum absolute atomic E-state index is 0.0191. The number of carbonyl (C=O) groups excluding carboxylic acids is 2. The molecule has 2 fully saturated rings. The number of amides is 2. The van der Waals surface area contributed by atoms with Crippen molar-refractivity contribution in [3.63, 3.8) is 0 Å². The highest BCUT2D eigenvalue weighted by Gasteiger charge is 2.32. The van der Waals surface area contributed by atoms with Gasteiger partial charge in [0, 0.05) is 71.7 Å². The summed E-state index contributed by atoms with van der Waals surface area (Å²) >= 11 is 3.22. The topological polar surface area (TPSA) is 260 Å². The Hall–Kier alpha value is -4.50. The van der Waals surface area contributed by atoms with Crippen molar-refractivity contribution < 1.29 is 61.8 Å². The molecule has 0 aliphatic carbocycles. The van der Waals surface area contributed by atoms with E-state index < -0.39 is 61.9 Å². The van der Waals surface area contributed by atoms with Crippen molar-refractivity contribution in [1.82, 2.24) is 8.61 Å². The van der Waals surface area contributed by atoms with E-state index >= 15 is 0 Å². The van der Waals surface area contributed by atoms with Crippen LogP contribution in [0.5, 0.6) is 11.5 Å². The third-order valence-electron chi connectivity index (χ3n) is 9.57. The largest absolute Gasteiger partial charge is 0.495 e. The number of hydrogen-bond donors (Lipinski definition) is 4. The molecule has 332 valence electrons. The van der Waals surface area contributed by atoms with E-state index in [2.05, 4.69) is 10.6 Å². The number of methoxy groups -OCH3 is 2. The number of rotatable bonds is 14. The minimum atomic E-state index is -4.99. The van der Waals surface area contributed by atoms with Gasteiger partial charge in [-0.25, -0.2) is 16.8 Å². The Morgan fingerprint density at radius 1 is 0.548 bits per heavy atom. The second-order valence-corrected chi connectivity index (χ2v) is 22.5. The van der Waals surface area contributed by atoms with Crippen LogP contribution < -0.4 is 20.1 Å². The van der Waals surface area contributed by atoms with Gasteiger partial charge in [0.15, 0.2) is 0 Å². The van der Waals surface area contributed by atoms with Gasteiger partial charge in [0.05, 0.1) is 14.2 Å². The molecule has 0 unspecified atom stereocenters. The van der Waals surface area contributed by atoms with Crippen LogP contribution >= 0.6 is 23.5 Å². The lowest BCUT2D eigenvalue weighted by Crippen LogP contribution is -2.38. The van der Waals surface area contributed by atoms with E-state index in [-0.39, 0.29) is 81.1 Å². The average Bonchev–Trinajstić information content (AvgIpc) is 3.25. The summed E-state index contributed by atoms with van der Waals surface area (Å²) in [7, 11) is -15.5. The molecule has 18 nitrogen and oxygen atoms in total. The number of sulfonamides is 2. The summed E-state index contributed by atoms with van der Waals surface area (Å²) < 4.78 is 137. The van der Waals surface area contributed by atoms with Crippen molar-refractivity contribution in [2.75, 3.05) is 74.0 Å². The van der Waals surface area contributed by atoms with Gasteiger partial charge >= 0.3 is 0 Å². The van der Waals surface area contributed by atoms with E-state index in [0.717, 1.165) is 36.4 Å². The summed E-state index contributed by atoms with van der Waals surface area (Å²) in [5.41, 5.74) is -0.762. The van der Waals surface area contributed by atoms with E-state index in [0.29, 0.717) is 23.0 Å². The molecule has 4 N–H and O–H groups in total. The highest BCUT2D eigenvalue weighted by Crippen LogP contribution is 2.33. The van der Waals surface area contributed by atoms with Gasteiger partial charge in [-0.2, -0.15) is 49.0 Å². The van der Waals surface area contributed by atoms with Gasteiger partial charge in [-0.05, 0) is 71.8 Å². The number of thioether (sulfide) groups is 2. The van der Waals surface area contributed by atoms with Crippen molar-refractivity contribution in [1.29, 1.82) is 0 Å². The molecular weight excluding hydrogens is 929 g/mol. The first kappa shape index (κ1) is 47.0. The van der Waals surface area contributed by atoms with Gasteiger partial charge in [-0.3, -0.25) is 18.7 Å². The maximum absolute atomic E-state index is 13.5. The van der Waals surface area contributed by atoms with Gasteiger partial charge in [-0.15, -0.1) is 0 Å². The zero-order chi connectivity index (χ0) is 45.0. The quantitative estimate of drug-likeness (QED) is 0.101. The van der Waals surface area contributed by atoms with Crippen molar-refractivity contribution >= 4 is 99.1 Å². The highest BCUT2D eigenvalue weighted by atomic mass is 32.2. The molecule has 0 saturated carbocycles. The molecule has 0 spiro atoms. The molecule has 2 aliphatic heterocycles. The Bertz CT molecular complexity index is 2680. The van der Waals surface area contributed by atoms with E-state index in [1.165, 1.54) is 71.4 Å². The Morgan fingerprint density at radius 2 is 0.903 bits per heavy atom. The van der Waals surface area contributed by atoms with Gasteiger partial charge in [-0.1, -0.05) is 24.3 Å². The SMILES string of the molecule is COc1ccc(C(=O)Nc2ccc(/C=C/c3ccc(NC(=O)c4ccc(OC)c(S(=O)(=O)N5CCSCC5)c4)cc3S(=O)(=O)O)c(S(=O)(=O)O)c2)cc1S(=O)(=O)N1CCSCC1. The van der Waals surface area contributed by atoms with Crippen LogP contribution in [0.4, 0.5) is 11.4 Å². The van der Waals surface area contributed by atoms with Crippen molar-refractivity contribution in [2.45, 2.75) is 19.6 Å². The predicted molar refractivity (Wildman–Crippen MR) is 236 cm³/mol. The lowest BCUT2D eigenvalue weighted by atomic mass is 10.1. The standard InChI is InChI=1S/C38H40N4O14S6/c1-55-31-11-7-27(21-35(31)59(45,46)41-13-17-57-18-14-41)37(43)39-29-9-5-25(33(23-29)61(49,50)51)3-4-26-6-10-30(24-34(26)62(52,53)54)40-38(44)28-8-12-32(56-2)36(22-28)60(47,48)42-15-19-58-20-16-42/h3-12,21-24H,13-20H2,1-2H3,(H,39,43)(H,40,44)(H,49,50,51)(H,52,53,54)/b4-3+. The summed E-state index contributed by atoms with van der Waals surface area (Å²) in [6.45, 7) is 1.09. The van der Waals surface area contributed by atoms with Crippen molar-refractivity contribution in [3.8, 4) is 11.5 Å². The van der Waals surface area contributed by atoms with Gasteiger partial charge in [0.1, 0.15) is 31.1 Å². The molecule has 0 atom stereocenters. The van der Waals surface area contributed by atoms with E-state index in [1.807, 2.05) is 0 Å². The molecule has 2 saturated heterocycles. The molecule has 2 heterocycles. The van der Waals surface area contributed by atoms with Crippen LogP contribution in [-0.4, -0.2) is 127 Å². The first-order valence-electron chi connectivity index (χ1n) is 18.3. The smallest absolute Gasteiger partial charge is 0.295 e. The van der Waals surface area contributed by atoms with Crippen molar-refractivity contribution in [3.05, 3.63) is 95.1 Å². The molecule has 2 aliphatic rings. The van der Waals surface area contributed by atoms with E-state index in [4.69, 9.17) is 9.47 Å². The second kappa shape index (κ2) is 19.1. The zero-order valence-electron chi connectivity index (χ0n) is 32.9. The Labute approximate surface area is 367 Å². The molecule has 24 heteroatoms. The molecule has 4 aromatic carbocycles. The third-order valence-corrected chi connectivity index (χ3v) is 17.1. The van der Waals surface area contributed by atoms with Crippen LogP contribution in [0.15, 0.2) is 92.4 Å². The second-order valence-electron chi connectivity index (χ2n) is 13.5. The van der Waals surface area contributed by atoms with Crippen molar-refractivity contribution in [2.24, 2.45) is 0 Å². The number of anilines is 2. The normalized spacial score (nSPS) is 15.9. The third kappa shape index (κ3) is 10.6. The maximum Gasteiger partial charge on any atom is 0.295 e. The molecule has 0 bridgehead atoms. The van der Waals surface area contributed by atoms with E-state index in [9.17, 15) is 52.4 Å². The van der Waals surface area contributed by atoms with Crippen LogP contribution in [-0.2, 0) is 40.3 Å². The summed E-state index contributed by atoms with van der Waals surface area (Å²) in [4.78, 5) is 24.8. The summed E-state index contributed by atoms with van der Waals surface area (Å²) in [5, 5.41) is 4.97. The first-order chi connectivity index (χ1) is 29.2. The number of ether oxygens (including phenoxy) is 2. The maximum atomic E-state index is 13.5. The fourth-order valence-corrected chi connectivity index (χ4v) is 13.4. The lowest BCUT2D eigenvalue weighted by Gasteiger charge is -2.26. The minimum Gasteiger partial charge on any atom is -0.495 e. The molecule has 2 amide bonds. The van der Waals surface area contributed by atoms with Crippen LogP contribution in [0, 0.1) is 0 Å². The molecular formula is C38H40N4O14S6. The first-order valence-corrected chi connectivity index (χ1v) is 26.4. The van der Waals surface area contributed by atoms with Crippen LogP contribution in [0.25, 0.3) is 12.2 Å². The highest BCUT2D eigenvalue weighted by molar-refractivity contribution is 7.99. The molecule has 4 aromatic rings. The molecule has 6 rings (SSSR count). The Balaban J connectivity index is 1.24. The summed E-state index contributed by atoms with van der Waals surface area (Å²) in [5.74, 6) is 0.795. The average molecular weight is 969 g/mol. The summed E-state index contributed by atoms with van der Waals surface area (Å²) in [6, 6.07) is 14.4. The van der Waals surface area contributed by atoms with Crippen LogP contribution in [0.2, 0.25) is 0 Å². The fourth-order valence-electron chi connectivity index (χ4n) is 6.42. The van der Waals surface area contributed by atoms with E-state index in [1.54, 1.807) is 23.5 Å². The monoisotopic (exact) mass is 968 g/mol. The number of carbonyl (C=O) groups is 2.